The first kappa shape index (κ1) is 19.6. The number of hydrogen-bond acceptors (Lipinski definition) is 6. The van der Waals surface area contributed by atoms with E-state index in [0.717, 1.165) is 11.8 Å². The maximum Gasteiger partial charge on any atom is 0.455 e. The fourth-order valence-electron chi connectivity index (χ4n) is 3.33. The van der Waals surface area contributed by atoms with Gasteiger partial charge in [0.1, 0.15) is 13.2 Å². The van der Waals surface area contributed by atoms with Crippen molar-refractivity contribution in [3.05, 3.63) is 40.1 Å². The molecule has 2 aromatic rings. The molecule has 1 amide bonds. The normalized spacial score (nSPS) is 16.7. The third kappa shape index (κ3) is 3.89. The molecule has 1 aromatic carbocycles. The SMILES string of the molecule is O=C(c1ccc(C(=O)C(F)(F)F)s1)N1CCN(c2cccc3c2OCCO3)CC1. The average molecular weight is 426 g/mol. The van der Waals surface area contributed by atoms with Gasteiger partial charge in [-0.3, -0.25) is 9.59 Å². The quantitative estimate of drug-likeness (QED) is 0.706. The predicted octanol–water partition coefficient (Wildman–Crippen LogP) is 3.23. The smallest absolute Gasteiger partial charge is 0.455 e. The van der Waals surface area contributed by atoms with Crippen LogP contribution in [0.15, 0.2) is 30.3 Å². The van der Waals surface area contributed by atoms with Crippen molar-refractivity contribution in [2.75, 3.05) is 44.3 Å². The zero-order valence-electron chi connectivity index (χ0n) is 15.2. The van der Waals surface area contributed by atoms with Crippen molar-refractivity contribution in [1.29, 1.82) is 0 Å². The molecule has 0 unspecified atom stereocenters. The van der Waals surface area contributed by atoms with E-state index in [0.29, 0.717) is 62.2 Å². The van der Waals surface area contributed by atoms with Gasteiger partial charge in [0.25, 0.3) is 11.7 Å². The molecule has 1 saturated heterocycles. The van der Waals surface area contributed by atoms with Gasteiger partial charge in [-0.05, 0) is 24.3 Å². The van der Waals surface area contributed by atoms with Gasteiger partial charge >= 0.3 is 6.18 Å². The van der Waals surface area contributed by atoms with E-state index in [2.05, 4.69) is 4.90 Å². The van der Waals surface area contributed by atoms with Crippen LogP contribution in [-0.2, 0) is 0 Å². The molecule has 1 aromatic heterocycles. The Morgan fingerprint density at radius 2 is 1.62 bits per heavy atom. The van der Waals surface area contributed by atoms with Crippen LogP contribution in [0, 0.1) is 0 Å². The van der Waals surface area contributed by atoms with Crippen molar-refractivity contribution in [2.45, 2.75) is 6.18 Å². The number of para-hydroxylation sites is 1. The van der Waals surface area contributed by atoms with Gasteiger partial charge in [-0.2, -0.15) is 13.2 Å². The Kier molecular flexibility index (Phi) is 5.12. The molecule has 0 atom stereocenters. The van der Waals surface area contributed by atoms with E-state index in [1.807, 2.05) is 18.2 Å². The summed E-state index contributed by atoms with van der Waals surface area (Å²) in [6.07, 6.45) is -4.95. The Bertz CT molecular complexity index is 936. The number of ether oxygens (including phenoxy) is 2. The highest BCUT2D eigenvalue weighted by atomic mass is 32.1. The van der Waals surface area contributed by atoms with Gasteiger partial charge in [0.05, 0.1) is 15.4 Å². The largest absolute Gasteiger partial charge is 0.486 e. The molecule has 0 saturated carbocycles. The summed E-state index contributed by atoms with van der Waals surface area (Å²) in [6.45, 7) is 2.88. The lowest BCUT2D eigenvalue weighted by molar-refractivity contribution is -0.0882. The van der Waals surface area contributed by atoms with Crippen molar-refractivity contribution < 1.29 is 32.2 Å². The fraction of sp³-hybridized carbons (Fsp3) is 0.368. The van der Waals surface area contributed by atoms with Crippen LogP contribution >= 0.6 is 11.3 Å². The van der Waals surface area contributed by atoms with Crippen molar-refractivity contribution in [2.24, 2.45) is 0 Å². The number of piperazine rings is 1. The first-order valence-corrected chi connectivity index (χ1v) is 9.80. The Balaban J connectivity index is 1.42. The van der Waals surface area contributed by atoms with E-state index in [9.17, 15) is 22.8 Å². The minimum absolute atomic E-state index is 0.125. The molecule has 2 aliphatic heterocycles. The third-order valence-corrected chi connectivity index (χ3v) is 5.82. The molecule has 0 N–H and O–H groups in total. The lowest BCUT2D eigenvalue weighted by Crippen LogP contribution is -2.48. The molecule has 0 bridgehead atoms. The number of Topliss-reactive ketones (excluding diaryl/α,β-unsaturated/α-hetero) is 1. The van der Waals surface area contributed by atoms with Gasteiger partial charge in [0.2, 0.25) is 0 Å². The second-order valence-corrected chi connectivity index (χ2v) is 7.66. The number of carbonyl (C=O) groups is 2. The Morgan fingerprint density at radius 3 is 2.34 bits per heavy atom. The minimum Gasteiger partial charge on any atom is -0.486 e. The number of amides is 1. The Morgan fingerprint density at radius 1 is 0.931 bits per heavy atom. The van der Waals surface area contributed by atoms with Gasteiger partial charge in [-0.1, -0.05) is 6.07 Å². The van der Waals surface area contributed by atoms with Crippen LogP contribution in [0.2, 0.25) is 0 Å². The Labute approximate surface area is 168 Å². The summed E-state index contributed by atoms with van der Waals surface area (Å²) in [5, 5.41) is 0. The van der Waals surface area contributed by atoms with Crippen LogP contribution in [0.3, 0.4) is 0 Å². The average Bonchev–Trinajstić information content (AvgIpc) is 3.22. The molecule has 29 heavy (non-hydrogen) atoms. The molecule has 3 heterocycles. The number of fused-ring (bicyclic) bond motifs is 1. The Hall–Kier alpha value is -2.75. The maximum atomic E-state index is 12.6. The highest BCUT2D eigenvalue weighted by Gasteiger charge is 2.40. The monoisotopic (exact) mass is 426 g/mol. The van der Waals surface area contributed by atoms with Gasteiger partial charge in [-0.15, -0.1) is 11.3 Å². The molecule has 0 spiro atoms. The number of halogens is 3. The predicted molar refractivity (Wildman–Crippen MR) is 100 cm³/mol. The molecule has 0 aliphatic carbocycles. The molecule has 2 aliphatic rings. The van der Waals surface area contributed by atoms with Gasteiger partial charge < -0.3 is 19.3 Å². The first-order valence-electron chi connectivity index (χ1n) is 8.99. The second-order valence-electron chi connectivity index (χ2n) is 6.57. The summed E-state index contributed by atoms with van der Waals surface area (Å²) in [7, 11) is 0. The molecule has 10 heteroatoms. The van der Waals surface area contributed by atoms with Crippen LogP contribution in [0.5, 0.6) is 11.5 Å². The summed E-state index contributed by atoms with van der Waals surface area (Å²) in [5.74, 6) is -0.923. The zero-order chi connectivity index (χ0) is 20.6. The number of nitrogens with zero attached hydrogens (tertiary/aromatic N) is 2. The van der Waals surface area contributed by atoms with Crippen molar-refractivity contribution in [3.8, 4) is 11.5 Å². The molecule has 154 valence electrons. The second kappa shape index (κ2) is 7.58. The third-order valence-electron chi connectivity index (χ3n) is 4.75. The number of benzene rings is 1. The summed E-state index contributed by atoms with van der Waals surface area (Å²) in [5.41, 5.74) is 0.892. The number of anilines is 1. The van der Waals surface area contributed by atoms with Gasteiger partial charge in [0.15, 0.2) is 11.5 Å². The van der Waals surface area contributed by atoms with Crippen LogP contribution in [-0.4, -0.2) is 62.2 Å². The highest BCUT2D eigenvalue weighted by Crippen LogP contribution is 2.39. The van der Waals surface area contributed by atoms with Crippen LogP contribution < -0.4 is 14.4 Å². The highest BCUT2D eigenvalue weighted by molar-refractivity contribution is 7.16. The van der Waals surface area contributed by atoms with Crippen molar-refractivity contribution in [1.82, 2.24) is 4.90 Å². The maximum absolute atomic E-state index is 12.6. The summed E-state index contributed by atoms with van der Waals surface area (Å²) >= 11 is 0.575. The fourth-order valence-corrected chi connectivity index (χ4v) is 4.26. The summed E-state index contributed by atoms with van der Waals surface area (Å²) in [4.78, 5) is 27.3. The number of alkyl halides is 3. The topological polar surface area (TPSA) is 59.1 Å². The van der Waals surface area contributed by atoms with E-state index in [1.165, 1.54) is 6.07 Å². The number of hydrogen-bond donors (Lipinski definition) is 0. The number of rotatable bonds is 3. The first-order chi connectivity index (χ1) is 13.8. The molecule has 6 nitrogen and oxygen atoms in total. The van der Waals surface area contributed by atoms with Crippen LogP contribution in [0.1, 0.15) is 19.3 Å². The molecule has 4 rings (SSSR count). The molecular formula is C19H17F3N2O4S. The number of thiophene rings is 1. The van der Waals surface area contributed by atoms with E-state index < -0.39 is 16.8 Å². The summed E-state index contributed by atoms with van der Waals surface area (Å²) in [6, 6.07) is 7.98. The molecular weight excluding hydrogens is 409 g/mol. The van der Waals surface area contributed by atoms with Gasteiger partial charge in [-0.25, -0.2) is 0 Å². The van der Waals surface area contributed by atoms with Crippen LogP contribution in [0.25, 0.3) is 0 Å². The zero-order valence-corrected chi connectivity index (χ0v) is 16.0. The van der Waals surface area contributed by atoms with Crippen LogP contribution in [0.4, 0.5) is 18.9 Å². The van der Waals surface area contributed by atoms with Crippen molar-refractivity contribution >= 4 is 28.7 Å². The standard InChI is InChI=1S/C19H17F3N2O4S/c20-19(21,22)17(25)14-4-5-15(29-14)18(26)24-8-6-23(7-9-24)12-2-1-3-13-16(12)28-11-10-27-13/h1-5H,6-11H2. The van der Waals surface area contributed by atoms with E-state index in [4.69, 9.17) is 9.47 Å². The van der Waals surface area contributed by atoms with Gasteiger partial charge in [0, 0.05) is 26.2 Å². The number of carbonyl (C=O) groups excluding carboxylic acids is 2. The van der Waals surface area contributed by atoms with Crippen molar-refractivity contribution in [3.63, 3.8) is 0 Å². The molecule has 1 fully saturated rings. The van der Waals surface area contributed by atoms with E-state index in [-0.39, 0.29) is 10.8 Å². The lowest BCUT2D eigenvalue weighted by Gasteiger charge is -2.37. The summed E-state index contributed by atoms with van der Waals surface area (Å²) < 4.78 is 49.0. The lowest BCUT2D eigenvalue weighted by atomic mass is 10.2. The van der Waals surface area contributed by atoms with E-state index in [1.54, 1.807) is 4.90 Å². The molecule has 0 radical (unpaired) electrons. The van der Waals surface area contributed by atoms with E-state index >= 15 is 0 Å². The number of ketones is 1. The minimum atomic E-state index is -4.95.